The molecule has 7 heteroatoms. The number of likely N-dealkylation sites (tertiary alicyclic amines) is 1. The Labute approximate surface area is 142 Å². The Bertz CT molecular complexity index is 980. The molecule has 0 unspecified atom stereocenters. The Morgan fingerprint density at radius 3 is 2.96 bits per heavy atom. The van der Waals surface area contributed by atoms with Crippen LogP contribution in [0.15, 0.2) is 41.3 Å². The highest BCUT2D eigenvalue weighted by molar-refractivity contribution is 6.06. The molecule has 0 aliphatic carbocycles. The third-order valence-corrected chi connectivity index (χ3v) is 4.71. The van der Waals surface area contributed by atoms with Crippen LogP contribution in [0.1, 0.15) is 34.8 Å². The van der Waals surface area contributed by atoms with Crippen molar-refractivity contribution in [2.75, 3.05) is 13.1 Å². The molecule has 1 atom stereocenters. The molecule has 25 heavy (non-hydrogen) atoms. The van der Waals surface area contributed by atoms with Crippen molar-refractivity contribution in [3.05, 3.63) is 64.0 Å². The van der Waals surface area contributed by atoms with Crippen molar-refractivity contribution in [2.24, 2.45) is 0 Å². The first kappa shape index (κ1) is 15.6. The van der Waals surface area contributed by atoms with E-state index in [0.717, 1.165) is 18.5 Å². The highest BCUT2D eigenvalue weighted by Crippen LogP contribution is 2.27. The van der Waals surface area contributed by atoms with Gasteiger partial charge in [-0.25, -0.2) is 4.39 Å². The fourth-order valence-corrected chi connectivity index (χ4v) is 3.48. The number of fused-ring (bicyclic) bond motifs is 1. The molecule has 1 aliphatic rings. The van der Waals surface area contributed by atoms with Gasteiger partial charge in [0.15, 0.2) is 0 Å². The number of nitrogens with zero attached hydrogens (tertiary/aromatic N) is 2. The fourth-order valence-electron chi connectivity index (χ4n) is 3.48. The first-order chi connectivity index (χ1) is 12.1. The van der Waals surface area contributed by atoms with E-state index >= 15 is 0 Å². The second kappa shape index (κ2) is 6.16. The summed E-state index contributed by atoms with van der Waals surface area (Å²) in [6, 6.07) is 7.20. The summed E-state index contributed by atoms with van der Waals surface area (Å²) in [5.41, 5.74) is 1.33. The van der Waals surface area contributed by atoms with E-state index in [-0.39, 0.29) is 22.9 Å². The predicted octanol–water partition coefficient (Wildman–Crippen LogP) is 2.41. The molecule has 0 saturated carbocycles. The summed E-state index contributed by atoms with van der Waals surface area (Å²) >= 11 is 0. The van der Waals surface area contributed by atoms with Crippen molar-refractivity contribution in [3.8, 4) is 0 Å². The van der Waals surface area contributed by atoms with Crippen molar-refractivity contribution < 1.29 is 9.18 Å². The molecule has 0 bridgehead atoms. The van der Waals surface area contributed by atoms with Gasteiger partial charge in [0.1, 0.15) is 5.82 Å². The standard InChI is InChI=1S/C18H17FN4O2/c19-12-3-4-16-13(8-12)14(9-17(24)21-16)18(25)23-7-1-2-11(10-23)15-5-6-20-22-15/h3-6,8-9,11H,1-2,7,10H2,(H,20,22)(H,21,24)/t11-/m1/s1. The van der Waals surface area contributed by atoms with Crippen LogP contribution in [-0.2, 0) is 0 Å². The molecule has 1 fully saturated rings. The molecule has 1 aliphatic heterocycles. The number of rotatable bonds is 2. The highest BCUT2D eigenvalue weighted by atomic mass is 19.1. The van der Waals surface area contributed by atoms with Gasteiger partial charge in [-0.3, -0.25) is 14.7 Å². The smallest absolute Gasteiger partial charge is 0.254 e. The van der Waals surface area contributed by atoms with Gasteiger partial charge in [-0.1, -0.05) is 0 Å². The van der Waals surface area contributed by atoms with Crippen LogP contribution in [0.5, 0.6) is 0 Å². The van der Waals surface area contributed by atoms with Gasteiger partial charge in [-0.15, -0.1) is 0 Å². The molecular formula is C18H17FN4O2. The second-order valence-electron chi connectivity index (χ2n) is 6.34. The minimum Gasteiger partial charge on any atom is -0.338 e. The Morgan fingerprint density at radius 1 is 1.28 bits per heavy atom. The van der Waals surface area contributed by atoms with Crippen molar-refractivity contribution >= 4 is 16.8 Å². The van der Waals surface area contributed by atoms with Crippen LogP contribution in [-0.4, -0.2) is 39.1 Å². The zero-order chi connectivity index (χ0) is 17.4. The molecule has 3 heterocycles. The Kier molecular flexibility index (Phi) is 3.83. The van der Waals surface area contributed by atoms with Gasteiger partial charge in [0, 0.05) is 47.9 Å². The maximum atomic E-state index is 13.6. The first-order valence-corrected chi connectivity index (χ1v) is 8.23. The van der Waals surface area contributed by atoms with Gasteiger partial charge in [0.25, 0.3) is 5.91 Å². The fraction of sp³-hybridized carbons (Fsp3) is 0.278. The van der Waals surface area contributed by atoms with Crippen LogP contribution in [0.4, 0.5) is 4.39 Å². The molecule has 2 N–H and O–H groups in total. The van der Waals surface area contributed by atoms with Gasteiger partial charge in [-0.05, 0) is 37.1 Å². The van der Waals surface area contributed by atoms with E-state index in [1.165, 1.54) is 24.3 Å². The SMILES string of the molecule is O=C(c1cc(=O)[nH]c2ccc(F)cc12)N1CCC[C@@H](c2ccn[nH]2)C1. The monoisotopic (exact) mass is 340 g/mol. The molecule has 128 valence electrons. The van der Waals surface area contributed by atoms with Crippen LogP contribution in [0.2, 0.25) is 0 Å². The minimum atomic E-state index is -0.442. The average molecular weight is 340 g/mol. The molecule has 1 saturated heterocycles. The lowest BCUT2D eigenvalue weighted by Gasteiger charge is -2.32. The quantitative estimate of drug-likeness (QED) is 0.752. The molecule has 1 aromatic carbocycles. The van der Waals surface area contributed by atoms with Gasteiger partial charge in [-0.2, -0.15) is 5.10 Å². The van der Waals surface area contributed by atoms with E-state index in [1.54, 1.807) is 11.1 Å². The van der Waals surface area contributed by atoms with Gasteiger partial charge < -0.3 is 9.88 Å². The van der Waals surface area contributed by atoms with Gasteiger partial charge >= 0.3 is 0 Å². The number of aromatic amines is 2. The van der Waals surface area contributed by atoms with Gasteiger partial charge in [0.2, 0.25) is 5.56 Å². The van der Waals surface area contributed by atoms with Gasteiger partial charge in [0.05, 0.1) is 5.56 Å². The summed E-state index contributed by atoms with van der Waals surface area (Å²) in [4.78, 5) is 29.3. The first-order valence-electron chi connectivity index (χ1n) is 8.23. The van der Waals surface area contributed by atoms with Crippen molar-refractivity contribution in [3.63, 3.8) is 0 Å². The number of nitrogens with one attached hydrogen (secondary N) is 2. The van der Waals surface area contributed by atoms with Crippen molar-refractivity contribution in [1.82, 2.24) is 20.1 Å². The van der Waals surface area contributed by atoms with E-state index in [0.29, 0.717) is 24.0 Å². The molecular weight excluding hydrogens is 323 g/mol. The summed E-state index contributed by atoms with van der Waals surface area (Å²) in [5.74, 6) is -0.501. The summed E-state index contributed by atoms with van der Waals surface area (Å²) in [6.45, 7) is 1.16. The maximum Gasteiger partial charge on any atom is 0.254 e. The van der Waals surface area contributed by atoms with E-state index < -0.39 is 5.82 Å². The summed E-state index contributed by atoms with van der Waals surface area (Å²) in [6.07, 6.45) is 3.53. The number of piperidine rings is 1. The average Bonchev–Trinajstić information content (AvgIpc) is 3.16. The minimum absolute atomic E-state index is 0.185. The molecule has 1 amide bonds. The Morgan fingerprint density at radius 2 is 2.16 bits per heavy atom. The number of benzene rings is 1. The molecule has 0 radical (unpaired) electrons. The summed E-state index contributed by atoms with van der Waals surface area (Å²) in [5, 5.41) is 7.36. The third-order valence-electron chi connectivity index (χ3n) is 4.71. The largest absolute Gasteiger partial charge is 0.338 e. The zero-order valence-electron chi connectivity index (χ0n) is 13.5. The molecule has 4 rings (SSSR count). The topological polar surface area (TPSA) is 81.8 Å². The van der Waals surface area contributed by atoms with Crippen LogP contribution in [0.25, 0.3) is 10.9 Å². The predicted molar refractivity (Wildman–Crippen MR) is 91.0 cm³/mol. The lowest BCUT2D eigenvalue weighted by molar-refractivity contribution is 0.0707. The third kappa shape index (κ3) is 2.93. The number of carbonyl (C=O) groups is 1. The summed E-state index contributed by atoms with van der Waals surface area (Å²) < 4.78 is 13.6. The number of H-pyrrole nitrogens is 2. The van der Waals surface area contributed by atoms with E-state index in [9.17, 15) is 14.0 Å². The number of aromatic nitrogens is 3. The van der Waals surface area contributed by atoms with E-state index in [2.05, 4.69) is 15.2 Å². The maximum absolute atomic E-state index is 13.6. The van der Waals surface area contributed by atoms with Crippen LogP contribution < -0.4 is 5.56 Å². The number of pyridine rings is 1. The zero-order valence-corrected chi connectivity index (χ0v) is 13.5. The van der Waals surface area contributed by atoms with Crippen molar-refractivity contribution in [2.45, 2.75) is 18.8 Å². The molecule has 2 aromatic heterocycles. The highest BCUT2D eigenvalue weighted by Gasteiger charge is 2.27. The van der Waals surface area contributed by atoms with Crippen LogP contribution in [0, 0.1) is 5.82 Å². The molecule has 6 nitrogen and oxygen atoms in total. The second-order valence-corrected chi connectivity index (χ2v) is 6.34. The lowest BCUT2D eigenvalue weighted by atomic mass is 9.94. The number of hydrogen-bond donors (Lipinski definition) is 2. The Balaban J connectivity index is 1.70. The number of carbonyl (C=O) groups excluding carboxylic acids is 1. The van der Waals surface area contributed by atoms with Crippen LogP contribution >= 0.6 is 0 Å². The van der Waals surface area contributed by atoms with E-state index in [4.69, 9.17) is 0 Å². The number of amides is 1. The summed E-state index contributed by atoms with van der Waals surface area (Å²) in [7, 11) is 0. The lowest BCUT2D eigenvalue weighted by Crippen LogP contribution is -2.39. The molecule has 3 aromatic rings. The van der Waals surface area contributed by atoms with E-state index in [1.807, 2.05) is 6.07 Å². The Hall–Kier alpha value is -2.96. The molecule has 0 spiro atoms. The van der Waals surface area contributed by atoms with Crippen LogP contribution in [0.3, 0.4) is 0 Å². The van der Waals surface area contributed by atoms with Crippen molar-refractivity contribution in [1.29, 1.82) is 0 Å². The normalized spacial score (nSPS) is 17.8. The number of halogens is 1. The number of hydrogen-bond acceptors (Lipinski definition) is 3.